The van der Waals surface area contributed by atoms with E-state index in [9.17, 15) is 13.2 Å². The number of nitrogens with one attached hydrogen (secondary N) is 1. The second kappa shape index (κ2) is 5.54. The summed E-state index contributed by atoms with van der Waals surface area (Å²) in [5.41, 5.74) is 7.04. The summed E-state index contributed by atoms with van der Waals surface area (Å²) in [6.07, 6.45) is -4.93. The van der Waals surface area contributed by atoms with Crippen LogP contribution in [0.1, 0.15) is 12.0 Å². The lowest BCUT2D eigenvalue weighted by atomic mass is 10.2. The van der Waals surface area contributed by atoms with Crippen LogP contribution in [0.4, 0.5) is 18.9 Å². The molecule has 90 valence electrons. The van der Waals surface area contributed by atoms with Crippen molar-refractivity contribution in [2.75, 3.05) is 12.3 Å². The zero-order valence-corrected chi connectivity index (χ0v) is 10.0. The summed E-state index contributed by atoms with van der Waals surface area (Å²) in [5, 5.41) is 2.72. The Bertz CT molecular complexity index is 332. The summed E-state index contributed by atoms with van der Waals surface area (Å²) < 4.78 is 36.3. The third kappa shape index (κ3) is 5.37. The van der Waals surface area contributed by atoms with E-state index in [-0.39, 0.29) is 6.54 Å². The summed E-state index contributed by atoms with van der Waals surface area (Å²) in [4.78, 5) is 0. The molecule has 2 nitrogen and oxygen atoms in total. The second-order valence-electron chi connectivity index (χ2n) is 3.43. The molecule has 0 radical (unpaired) electrons. The third-order valence-corrected chi connectivity index (χ3v) is 2.35. The van der Waals surface area contributed by atoms with Gasteiger partial charge in [0.1, 0.15) is 0 Å². The molecule has 0 heterocycles. The number of benzene rings is 1. The number of hydrogen-bond acceptors (Lipinski definition) is 2. The van der Waals surface area contributed by atoms with Crippen molar-refractivity contribution in [3.8, 4) is 0 Å². The molecule has 0 saturated heterocycles. The van der Waals surface area contributed by atoms with Crippen LogP contribution in [0.15, 0.2) is 22.7 Å². The van der Waals surface area contributed by atoms with Crippen LogP contribution in [0.2, 0.25) is 0 Å². The Hall–Kier alpha value is -0.750. The maximum Gasteiger partial charge on any atom is 0.390 e. The average molecular weight is 297 g/mol. The molecule has 3 N–H and O–H groups in total. The molecule has 0 bridgehead atoms. The van der Waals surface area contributed by atoms with E-state index < -0.39 is 12.6 Å². The van der Waals surface area contributed by atoms with Gasteiger partial charge >= 0.3 is 6.18 Å². The first-order valence-corrected chi connectivity index (χ1v) is 5.48. The van der Waals surface area contributed by atoms with Gasteiger partial charge in [-0.1, -0.05) is 15.9 Å². The maximum absolute atomic E-state index is 11.8. The van der Waals surface area contributed by atoms with Crippen molar-refractivity contribution in [1.29, 1.82) is 0 Å². The van der Waals surface area contributed by atoms with Crippen molar-refractivity contribution in [2.45, 2.75) is 19.1 Å². The van der Waals surface area contributed by atoms with E-state index in [0.29, 0.717) is 12.2 Å². The van der Waals surface area contributed by atoms with Gasteiger partial charge in [0.2, 0.25) is 0 Å². The fraction of sp³-hybridized carbons (Fsp3) is 0.400. The molecule has 6 heteroatoms. The number of anilines is 1. The quantitative estimate of drug-likeness (QED) is 0.662. The maximum atomic E-state index is 11.8. The highest BCUT2D eigenvalue weighted by Crippen LogP contribution is 2.19. The fourth-order valence-electron chi connectivity index (χ4n) is 1.24. The summed E-state index contributed by atoms with van der Waals surface area (Å²) in [7, 11) is 0. The molecular formula is C10H12BrF3N2. The van der Waals surface area contributed by atoms with Crippen molar-refractivity contribution < 1.29 is 13.2 Å². The summed E-state index contributed by atoms with van der Waals surface area (Å²) in [5.74, 6) is 0. The predicted octanol–water partition coefficient (Wildman–Crippen LogP) is 3.07. The fourth-order valence-corrected chi connectivity index (χ4v) is 1.80. The molecule has 1 rings (SSSR count). The van der Waals surface area contributed by atoms with Crippen LogP contribution in [-0.2, 0) is 6.54 Å². The minimum Gasteiger partial charge on any atom is -0.399 e. The number of rotatable bonds is 4. The summed E-state index contributed by atoms with van der Waals surface area (Å²) in [6, 6.07) is 5.28. The Morgan fingerprint density at radius 1 is 1.25 bits per heavy atom. The molecule has 0 aliphatic carbocycles. The zero-order chi connectivity index (χ0) is 12.2. The highest BCUT2D eigenvalue weighted by Gasteiger charge is 2.25. The molecule has 0 aliphatic heterocycles. The molecule has 0 aromatic heterocycles. The van der Waals surface area contributed by atoms with Crippen molar-refractivity contribution in [1.82, 2.24) is 5.32 Å². The van der Waals surface area contributed by atoms with Crippen LogP contribution >= 0.6 is 15.9 Å². The van der Waals surface area contributed by atoms with Gasteiger partial charge in [0, 0.05) is 23.2 Å². The number of hydrogen-bond donors (Lipinski definition) is 2. The van der Waals surface area contributed by atoms with Crippen molar-refractivity contribution in [3.63, 3.8) is 0 Å². The Kier molecular flexibility index (Phi) is 4.61. The number of nitrogen functional groups attached to an aromatic ring is 1. The van der Waals surface area contributed by atoms with Crippen LogP contribution in [0.5, 0.6) is 0 Å². The van der Waals surface area contributed by atoms with E-state index in [2.05, 4.69) is 21.2 Å². The number of alkyl halides is 3. The van der Waals surface area contributed by atoms with Gasteiger partial charge in [-0.25, -0.2) is 0 Å². The molecule has 0 saturated carbocycles. The van der Waals surface area contributed by atoms with Gasteiger partial charge in [-0.2, -0.15) is 13.2 Å². The first-order chi connectivity index (χ1) is 7.37. The highest BCUT2D eigenvalue weighted by atomic mass is 79.9. The minimum absolute atomic E-state index is 0.0874. The van der Waals surface area contributed by atoms with Crippen LogP contribution in [-0.4, -0.2) is 12.7 Å². The van der Waals surface area contributed by atoms with Crippen LogP contribution in [0.3, 0.4) is 0 Å². The lowest BCUT2D eigenvalue weighted by molar-refractivity contribution is -0.133. The van der Waals surface area contributed by atoms with Gasteiger partial charge in [-0.3, -0.25) is 0 Å². The zero-order valence-electron chi connectivity index (χ0n) is 8.44. The summed E-state index contributed by atoms with van der Waals surface area (Å²) >= 11 is 3.27. The van der Waals surface area contributed by atoms with Crippen molar-refractivity contribution in [3.05, 3.63) is 28.2 Å². The first-order valence-electron chi connectivity index (χ1n) is 4.69. The normalized spacial score (nSPS) is 11.8. The topological polar surface area (TPSA) is 38.0 Å². The van der Waals surface area contributed by atoms with Crippen LogP contribution in [0.25, 0.3) is 0 Å². The first kappa shape index (κ1) is 13.3. The minimum atomic E-state index is -4.11. The van der Waals surface area contributed by atoms with Crippen LogP contribution in [0, 0.1) is 0 Å². The monoisotopic (exact) mass is 296 g/mol. The molecule has 1 aromatic rings. The summed E-state index contributed by atoms with van der Waals surface area (Å²) in [6.45, 7) is 0.287. The molecule has 0 atom stereocenters. The van der Waals surface area contributed by atoms with Gasteiger partial charge in [-0.05, 0) is 23.8 Å². The Morgan fingerprint density at radius 3 is 2.50 bits per heavy atom. The van der Waals surface area contributed by atoms with E-state index in [1.165, 1.54) is 0 Å². The Morgan fingerprint density at radius 2 is 1.94 bits per heavy atom. The largest absolute Gasteiger partial charge is 0.399 e. The molecule has 1 aromatic carbocycles. The van der Waals surface area contributed by atoms with E-state index in [1.54, 1.807) is 12.1 Å². The molecule has 0 fully saturated rings. The lowest BCUT2D eigenvalue weighted by Crippen LogP contribution is -2.21. The van der Waals surface area contributed by atoms with E-state index in [4.69, 9.17) is 5.73 Å². The van der Waals surface area contributed by atoms with Crippen molar-refractivity contribution in [2.24, 2.45) is 0 Å². The Balaban J connectivity index is 2.37. The van der Waals surface area contributed by atoms with Gasteiger partial charge in [0.15, 0.2) is 0 Å². The van der Waals surface area contributed by atoms with Crippen LogP contribution < -0.4 is 11.1 Å². The van der Waals surface area contributed by atoms with Gasteiger partial charge in [-0.15, -0.1) is 0 Å². The standard InChI is InChI=1S/C10H12BrF3N2/c11-8-3-7(4-9(15)5-8)6-16-2-1-10(12,13)14/h3-5,16H,1-2,6,15H2. The number of halogens is 4. The second-order valence-corrected chi connectivity index (χ2v) is 4.35. The van der Waals surface area contributed by atoms with Gasteiger partial charge in [0.05, 0.1) is 6.42 Å². The SMILES string of the molecule is Nc1cc(Br)cc(CNCCC(F)(F)F)c1. The molecule has 0 aliphatic rings. The molecular weight excluding hydrogens is 285 g/mol. The molecule has 16 heavy (non-hydrogen) atoms. The third-order valence-electron chi connectivity index (χ3n) is 1.89. The Labute approximate surface area is 100 Å². The molecule has 0 amide bonds. The predicted molar refractivity (Wildman–Crippen MR) is 60.9 cm³/mol. The lowest BCUT2D eigenvalue weighted by Gasteiger charge is -2.08. The number of nitrogens with two attached hydrogens (primary N) is 1. The highest BCUT2D eigenvalue weighted by molar-refractivity contribution is 9.10. The smallest absolute Gasteiger partial charge is 0.390 e. The average Bonchev–Trinajstić information content (AvgIpc) is 2.09. The van der Waals surface area contributed by atoms with Gasteiger partial charge in [0.25, 0.3) is 0 Å². The molecule has 0 spiro atoms. The van der Waals surface area contributed by atoms with E-state index >= 15 is 0 Å². The van der Waals surface area contributed by atoms with E-state index in [1.807, 2.05) is 6.07 Å². The van der Waals surface area contributed by atoms with Gasteiger partial charge < -0.3 is 11.1 Å². The molecule has 0 unspecified atom stereocenters. The van der Waals surface area contributed by atoms with E-state index in [0.717, 1.165) is 10.0 Å². The van der Waals surface area contributed by atoms with Crippen molar-refractivity contribution >= 4 is 21.6 Å².